The van der Waals surface area contributed by atoms with Crippen molar-refractivity contribution in [2.75, 3.05) is 0 Å². The van der Waals surface area contributed by atoms with Crippen molar-refractivity contribution in [3.05, 3.63) is 69.3 Å². The molecule has 0 radical (unpaired) electrons. The molecule has 0 saturated heterocycles. The molecule has 0 aromatic heterocycles. The fourth-order valence-electron chi connectivity index (χ4n) is 3.23. The van der Waals surface area contributed by atoms with Crippen molar-refractivity contribution in [3.63, 3.8) is 0 Å². The van der Waals surface area contributed by atoms with E-state index >= 15 is 0 Å². The summed E-state index contributed by atoms with van der Waals surface area (Å²) in [5, 5.41) is 9.69. The van der Waals surface area contributed by atoms with Crippen LogP contribution >= 0.6 is 0 Å². The minimum atomic E-state index is -0.0711. The number of hydrogen-bond donors (Lipinski definition) is 1. The van der Waals surface area contributed by atoms with Crippen LogP contribution in [0.2, 0.25) is 0 Å². The van der Waals surface area contributed by atoms with E-state index in [1.165, 1.54) is 33.4 Å². The SMILES string of the molecule is CCc1cc(C(C)(C)c2cc(C)cc(C)c2)cc(CO)c1C. The fraction of sp³-hybridized carbons (Fsp3) is 0.429. The lowest BCUT2D eigenvalue weighted by molar-refractivity contribution is 0.280. The summed E-state index contributed by atoms with van der Waals surface area (Å²) < 4.78 is 0. The Kier molecular flexibility index (Phi) is 4.77. The Morgan fingerprint density at radius 2 is 1.32 bits per heavy atom. The van der Waals surface area contributed by atoms with Gasteiger partial charge >= 0.3 is 0 Å². The lowest BCUT2D eigenvalue weighted by Crippen LogP contribution is -2.20. The molecule has 118 valence electrons. The van der Waals surface area contributed by atoms with Gasteiger partial charge in [-0.1, -0.05) is 62.2 Å². The third kappa shape index (κ3) is 3.10. The van der Waals surface area contributed by atoms with E-state index in [1.54, 1.807) is 0 Å². The molecule has 22 heavy (non-hydrogen) atoms. The fourth-order valence-corrected chi connectivity index (χ4v) is 3.23. The van der Waals surface area contributed by atoms with Crippen LogP contribution in [0.4, 0.5) is 0 Å². The van der Waals surface area contributed by atoms with Crippen LogP contribution in [0.1, 0.15) is 59.7 Å². The lowest BCUT2D eigenvalue weighted by atomic mass is 9.75. The summed E-state index contributed by atoms with van der Waals surface area (Å²) in [6.07, 6.45) is 0.996. The molecule has 2 aromatic rings. The molecule has 1 heteroatoms. The van der Waals surface area contributed by atoms with Gasteiger partial charge in [0.05, 0.1) is 6.61 Å². The third-order valence-electron chi connectivity index (χ3n) is 4.84. The number of benzene rings is 2. The van der Waals surface area contributed by atoms with Gasteiger partial charge in [-0.2, -0.15) is 0 Å². The first-order chi connectivity index (χ1) is 10.3. The molecule has 0 bridgehead atoms. The van der Waals surface area contributed by atoms with Crippen LogP contribution in [-0.2, 0) is 18.4 Å². The molecule has 1 nitrogen and oxygen atoms in total. The van der Waals surface area contributed by atoms with E-state index in [4.69, 9.17) is 0 Å². The molecule has 0 unspecified atom stereocenters. The zero-order valence-electron chi connectivity index (χ0n) is 14.7. The standard InChI is InChI=1S/C21H28O/c1-7-17-11-20(12-18(13-22)16(17)4)21(5,6)19-9-14(2)8-15(3)10-19/h8-12,22H,7,13H2,1-6H3. The molecule has 0 aliphatic heterocycles. The van der Waals surface area contributed by atoms with Gasteiger partial charge < -0.3 is 5.11 Å². The van der Waals surface area contributed by atoms with Crippen molar-refractivity contribution in [1.29, 1.82) is 0 Å². The van der Waals surface area contributed by atoms with E-state index in [2.05, 4.69) is 71.9 Å². The highest BCUT2D eigenvalue weighted by Gasteiger charge is 2.25. The molecule has 2 rings (SSSR count). The van der Waals surface area contributed by atoms with E-state index in [0.717, 1.165) is 12.0 Å². The normalized spacial score (nSPS) is 11.8. The summed E-state index contributed by atoms with van der Waals surface area (Å²) >= 11 is 0. The minimum absolute atomic E-state index is 0.0711. The van der Waals surface area contributed by atoms with Gasteiger partial charge in [-0.05, 0) is 55.0 Å². The average molecular weight is 296 g/mol. The number of aliphatic hydroxyl groups is 1. The number of aliphatic hydroxyl groups excluding tert-OH is 1. The Balaban J connectivity index is 2.62. The van der Waals surface area contributed by atoms with Crippen molar-refractivity contribution in [3.8, 4) is 0 Å². The van der Waals surface area contributed by atoms with Crippen molar-refractivity contribution in [2.45, 2.75) is 60.0 Å². The van der Waals surface area contributed by atoms with Gasteiger partial charge in [0, 0.05) is 5.41 Å². The maximum absolute atomic E-state index is 9.69. The van der Waals surface area contributed by atoms with E-state index in [9.17, 15) is 5.11 Å². The molecule has 0 amide bonds. The zero-order valence-corrected chi connectivity index (χ0v) is 14.7. The molecule has 1 N–H and O–H groups in total. The zero-order chi connectivity index (χ0) is 16.5. The minimum Gasteiger partial charge on any atom is -0.392 e. The van der Waals surface area contributed by atoms with Crippen LogP contribution in [0.5, 0.6) is 0 Å². The lowest BCUT2D eigenvalue weighted by Gasteiger charge is -2.29. The summed E-state index contributed by atoms with van der Waals surface area (Å²) in [4.78, 5) is 0. The van der Waals surface area contributed by atoms with E-state index in [1.807, 2.05) is 0 Å². The summed E-state index contributed by atoms with van der Waals surface area (Å²) in [5.74, 6) is 0. The van der Waals surface area contributed by atoms with Crippen LogP contribution in [0.3, 0.4) is 0 Å². The molecule has 0 aliphatic rings. The Labute approximate surface area is 135 Å². The van der Waals surface area contributed by atoms with Gasteiger partial charge in [0.15, 0.2) is 0 Å². The quantitative estimate of drug-likeness (QED) is 0.842. The Morgan fingerprint density at radius 3 is 1.82 bits per heavy atom. The average Bonchev–Trinajstić information content (AvgIpc) is 2.46. The molecule has 0 saturated carbocycles. The Bertz CT molecular complexity index is 635. The second-order valence-corrected chi connectivity index (χ2v) is 6.93. The Morgan fingerprint density at radius 1 is 0.818 bits per heavy atom. The molecular formula is C21H28O. The van der Waals surface area contributed by atoms with Gasteiger partial charge in [0.25, 0.3) is 0 Å². The van der Waals surface area contributed by atoms with Gasteiger partial charge in [0.1, 0.15) is 0 Å². The topological polar surface area (TPSA) is 20.2 Å². The van der Waals surface area contributed by atoms with Crippen LogP contribution in [0.25, 0.3) is 0 Å². The number of aryl methyl sites for hydroxylation is 3. The monoisotopic (exact) mass is 296 g/mol. The molecule has 0 atom stereocenters. The smallest absolute Gasteiger partial charge is 0.0684 e. The molecular weight excluding hydrogens is 268 g/mol. The maximum atomic E-state index is 9.69. The first kappa shape index (κ1) is 16.8. The predicted octanol–water partition coefficient (Wildman–Crippen LogP) is 4.99. The largest absolute Gasteiger partial charge is 0.392 e. The highest BCUT2D eigenvalue weighted by atomic mass is 16.3. The summed E-state index contributed by atoms with van der Waals surface area (Å²) in [6.45, 7) is 13.2. The number of rotatable bonds is 4. The molecule has 2 aromatic carbocycles. The van der Waals surface area contributed by atoms with Crippen LogP contribution in [0.15, 0.2) is 30.3 Å². The summed E-state index contributed by atoms with van der Waals surface area (Å²) in [7, 11) is 0. The summed E-state index contributed by atoms with van der Waals surface area (Å²) in [6, 6.07) is 11.2. The molecule has 0 fully saturated rings. The highest BCUT2D eigenvalue weighted by Crippen LogP contribution is 2.35. The molecule has 0 heterocycles. The van der Waals surface area contributed by atoms with Gasteiger partial charge in [-0.3, -0.25) is 0 Å². The van der Waals surface area contributed by atoms with Gasteiger partial charge in [-0.25, -0.2) is 0 Å². The van der Waals surface area contributed by atoms with Crippen LogP contribution in [0, 0.1) is 20.8 Å². The van der Waals surface area contributed by atoms with Crippen molar-refractivity contribution < 1.29 is 5.11 Å². The Hall–Kier alpha value is -1.60. The van der Waals surface area contributed by atoms with E-state index in [-0.39, 0.29) is 12.0 Å². The summed E-state index contributed by atoms with van der Waals surface area (Å²) in [5.41, 5.74) is 8.75. The number of hydrogen-bond acceptors (Lipinski definition) is 1. The second-order valence-electron chi connectivity index (χ2n) is 6.93. The van der Waals surface area contributed by atoms with E-state index in [0.29, 0.717) is 0 Å². The predicted molar refractivity (Wildman–Crippen MR) is 94.5 cm³/mol. The third-order valence-corrected chi connectivity index (χ3v) is 4.84. The van der Waals surface area contributed by atoms with Crippen molar-refractivity contribution in [2.24, 2.45) is 0 Å². The maximum Gasteiger partial charge on any atom is 0.0684 e. The van der Waals surface area contributed by atoms with Crippen LogP contribution in [-0.4, -0.2) is 5.11 Å². The van der Waals surface area contributed by atoms with Crippen molar-refractivity contribution >= 4 is 0 Å². The first-order valence-corrected chi connectivity index (χ1v) is 8.12. The van der Waals surface area contributed by atoms with E-state index < -0.39 is 0 Å². The molecule has 0 spiro atoms. The van der Waals surface area contributed by atoms with Crippen LogP contribution < -0.4 is 0 Å². The van der Waals surface area contributed by atoms with Gasteiger partial charge in [0.2, 0.25) is 0 Å². The second kappa shape index (κ2) is 6.26. The van der Waals surface area contributed by atoms with Gasteiger partial charge in [-0.15, -0.1) is 0 Å². The molecule has 0 aliphatic carbocycles. The van der Waals surface area contributed by atoms with Crippen molar-refractivity contribution in [1.82, 2.24) is 0 Å². The highest BCUT2D eigenvalue weighted by molar-refractivity contribution is 5.46. The first-order valence-electron chi connectivity index (χ1n) is 8.12.